The van der Waals surface area contributed by atoms with E-state index in [1.165, 1.54) is 12.5 Å². The first kappa shape index (κ1) is 13.3. The zero-order valence-corrected chi connectivity index (χ0v) is 11.5. The Morgan fingerprint density at radius 3 is 2.67 bits per heavy atom. The first-order valence-electron chi connectivity index (χ1n) is 6.71. The van der Waals surface area contributed by atoms with Crippen molar-refractivity contribution in [1.82, 2.24) is 5.32 Å². The van der Waals surface area contributed by atoms with E-state index in [0.717, 1.165) is 19.6 Å². The summed E-state index contributed by atoms with van der Waals surface area (Å²) in [5.41, 5.74) is 0.959. The van der Waals surface area contributed by atoms with E-state index in [1.807, 2.05) is 19.2 Å². The number of nitrogens with zero attached hydrogens (tertiary/aromatic N) is 1. The maximum Gasteiger partial charge on any atom is 0.146 e. The van der Waals surface area contributed by atoms with Crippen LogP contribution in [0.1, 0.15) is 20.3 Å². The van der Waals surface area contributed by atoms with Gasteiger partial charge in [0.25, 0.3) is 0 Å². The molecule has 0 spiro atoms. The standard InChI is InChI=1S/C15H23FN2/c1-12(2)15(8-9-17-10-15)11-18(3)14-7-5-4-6-13(14)16/h4-7,12,17H,8-11H2,1-3H3. The molecule has 3 heteroatoms. The Bertz CT molecular complexity index is 397. The molecule has 1 saturated heterocycles. The molecule has 0 aliphatic carbocycles. The molecule has 2 rings (SSSR count). The van der Waals surface area contributed by atoms with Gasteiger partial charge in [-0.2, -0.15) is 0 Å². The molecule has 18 heavy (non-hydrogen) atoms. The van der Waals surface area contributed by atoms with Crippen molar-refractivity contribution in [2.75, 3.05) is 31.6 Å². The van der Waals surface area contributed by atoms with Crippen LogP contribution in [0, 0.1) is 17.2 Å². The highest BCUT2D eigenvalue weighted by Gasteiger charge is 2.38. The van der Waals surface area contributed by atoms with Crippen LogP contribution in [0.15, 0.2) is 24.3 Å². The molecule has 0 saturated carbocycles. The maximum atomic E-state index is 13.8. The van der Waals surface area contributed by atoms with Crippen molar-refractivity contribution in [3.63, 3.8) is 0 Å². The lowest BCUT2D eigenvalue weighted by Gasteiger charge is -2.37. The molecule has 1 unspecified atom stereocenters. The van der Waals surface area contributed by atoms with E-state index in [1.54, 1.807) is 6.07 Å². The Morgan fingerprint density at radius 2 is 2.11 bits per heavy atom. The summed E-state index contributed by atoms with van der Waals surface area (Å²) in [5, 5.41) is 3.45. The summed E-state index contributed by atoms with van der Waals surface area (Å²) in [6.07, 6.45) is 1.17. The predicted molar refractivity (Wildman–Crippen MR) is 74.4 cm³/mol. The van der Waals surface area contributed by atoms with Crippen LogP contribution in [0.5, 0.6) is 0 Å². The van der Waals surface area contributed by atoms with Crippen molar-refractivity contribution in [2.24, 2.45) is 11.3 Å². The van der Waals surface area contributed by atoms with Crippen LogP contribution in [0.25, 0.3) is 0 Å². The van der Waals surface area contributed by atoms with Crippen molar-refractivity contribution in [3.05, 3.63) is 30.1 Å². The first-order valence-corrected chi connectivity index (χ1v) is 6.71. The fourth-order valence-corrected chi connectivity index (χ4v) is 2.89. The summed E-state index contributed by atoms with van der Waals surface area (Å²) in [5.74, 6) is 0.464. The van der Waals surface area contributed by atoms with E-state index in [9.17, 15) is 4.39 Å². The molecular weight excluding hydrogens is 227 g/mol. The Balaban J connectivity index is 2.15. The Labute approximate surface area is 109 Å². The molecule has 1 aliphatic heterocycles. The van der Waals surface area contributed by atoms with Crippen LogP contribution in [0.3, 0.4) is 0 Å². The summed E-state index contributed by atoms with van der Waals surface area (Å²) in [4.78, 5) is 2.06. The number of rotatable bonds is 4. The Kier molecular flexibility index (Phi) is 3.91. The smallest absolute Gasteiger partial charge is 0.146 e. The fourth-order valence-electron chi connectivity index (χ4n) is 2.89. The number of anilines is 1. The summed E-state index contributed by atoms with van der Waals surface area (Å²) in [6, 6.07) is 7.01. The van der Waals surface area contributed by atoms with Gasteiger partial charge in [0, 0.05) is 25.6 Å². The Morgan fingerprint density at radius 1 is 1.39 bits per heavy atom. The van der Waals surface area contributed by atoms with Gasteiger partial charge in [0.15, 0.2) is 0 Å². The van der Waals surface area contributed by atoms with Crippen LogP contribution < -0.4 is 10.2 Å². The quantitative estimate of drug-likeness (QED) is 0.884. The van der Waals surface area contributed by atoms with Gasteiger partial charge in [-0.15, -0.1) is 0 Å². The molecule has 1 N–H and O–H groups in total. The predicted octanol–water partition coefficient (Wildman–Crippen LogP) is 2.90. The van der Waals surface area contributed by atoms with Gasteiger partial charge in [-0.05, 0) is 31.0 Å². The van der Waals surface area contributed by atoms with Crippen molar-refractivity contribution >= 4 is 5.69 Å². The molecule has 1 aliphatic rings. The molecule has 0 aromatic heterocycles. The van der Waals surface area contributed by atoms with Gasteiger partial charge in [-0.3, -0.25) is 0 Å². The second-order valence-corrected chi connectivity index (χ2v) is 5.75. The molecule has 1 fully saturated rings. The summed E-state index contributed by atoms with van der Waals surface area (Å²) < 4.78 is 13.8. The highest BCUT2D eigenvalue weighted by Crippen LogP contribution is 2.36. The van der Waals surface area contributed by atoms with Gasteiger partial charge in [0.1, 0.15) is 5.82 Å². The van der Waals surface area contributed by atoms with Crippen LogP contribution in [-0.4, -0.2) is 26.7 Å². The molecule has 1 atom stereocenters. The van der Waals surface area contributed by atoms with Gasteiger partial charge < -0.3 is 10.2 Å². The topological polar surface area (TPSA) is 15.3 Å². The van der Waals surface area contributed by atoms with E-state index in [2.05, 4.69) is 24.1 Å². The normalized spacial score (nSPS) is 23.6. The van der Waals surface area contributed by atoms with Crippen LogP contribution in [0.2, 0.25) is 0 Å². The molecular formula is C15H23FN2. The zero-order chi connectivity index (χ0) is 13.2. The van der Waals surface area contributed by atoms with Gasteiger partial charge in [-0.25, -0.2) is 4.39 Å². The van der Waals surface area contributed by atoms with E-state index < -0.39 is 0 Å². The third-order valence-corrected chi connectivity index (χ3v) is 4.32. The second kappa shape index (κ2) is 5.27. The monoisotopic (exact) mass is 250 g/mol. The maximum absolute atomic E-state index is 13.8. The van der Waals surface area contributed by atoms with Crippen molar-refractivity contribution < 1.29 is 4.39 Å². The minimum absolute atomic E-state index is 0.134. The number of benzene rings is 1. The minimum atomic E-state index is -0.134. The number of para-hydroxylation sites is 1. The number of hydrogen-bond donors (Lipinski definition) is 1. The van der Waals surface area contributed by atoms with E-state index in [0.29, 0.717) is 11.6 Å². The lowest BCUT2D eigenvalue weighted by Crippen LogP contribution is -2.41. The summed E-state index contributed by atoms with van der Waals surface area (Å²) >= 11 is 0. The van der Waals surface area contributed by atoms with Crippen molar-refractivity contribution in [2.45, 2.75) is 20.3 Å². The first-order chi connectivity index (χ1) is 8.55. The van der Waals surface area contributed by atoms with Gasteiger partial charge >= 0.3 is 0 Å². The summed E-state index contributed by atoms with van der Waals surface area (Å²) in [7, 11) is 1.99. The lowest BCUT2D eigenvalue weighted by atomic mass is 9.76. The Hall–Kier alpha value is -1.09. The van der Waals surface area contributed by atoms with Crippen LogP contribution in [-0.2, 0) is 0 Å². The molecule has 1 aromatic rings. The van der Waals surface area contributed by atoms with Gasteiger partial charge in [-0.1, -0.05) is 26.0 Å². The molecule has 0 radical (unpaired) electrons. The molecule has 0 amide bonds. The number of nitrogens with one attached hydrogen (secondary N) is 1. The lowest BCUT2D eigenvalue weighted by molar-refractivity contribution is 0.225. The van der Waals surface area contributed by atoms with Crippen LogP contribution >= 0.6 is 0 Å². The molecule has 1 heterocycles. The zero-order valence-electron chi connectivity index (χ0n) is 11.5. The fraction of sp³-hybridized carbons (Fsp3) is 0.600. The molecule has 1 aromatic carbocycles. The molecule has 2 nitrogen and oxygen atoms in total. The highest BCUT2D eigenvalue weighted by atomic mass is 19.1. The highest BCUT2D eigenvalue weighted by molar-refractivity contribution is 5.47. The van der Waals surface area contributed by atoms with Gasteiger partial charge in [0.2, 0.25) is 0 Å². The number of halogens is 1. The molecule has 0 bridgehead atoms. The van der Waals surface area contributed by atoms with E-state index in [4.69, 9.17) is 0 Å². The number of hydrogen-bond acceptors (Lipinski definition) is 2. The van der Waals surface area contributed by atoms with E-state index in [-0.39, 0.29) is 11.2 Å². The van der Waals surface area contributed by atoms with Crippen LogP contribution in [0.4, 0.5) is 10.1 Å². The third kappa shape index (κ3) is 2.51. The minimum Gasteiger partial charge on any atom is -0.372 e. The molecule has 100 valence electrons. The summed E-state index contributed by atoms with van der Waals surface area (Å²) in [6.45, 7) is 7.54. The SMILES string of the molecule is CC(C)C1(CN(C)c2ccccc2F)CCNC1. The van der Waals surface area contributed by atoms with E-state index >= 15 is 0 Å². The van der Waals surface area contributed by atoms with Gasteiger partial charge in [0.05, 0.1) is 5.69 Å². The van der Waals surface area contributed by atoms with Crippen molar-refractivity contribution in [3.8, 4) is 0 Å². The third-order valence-electron chi connectivity index (χ3n) is 4.32. The second-order valence-electron chi connectivity index (χ2n) is 5.75. The van der Waals surface area contributed by atoms with Crippen molar-refractivity contribution in [1.29, 1.82) is 0 Å². The largest absolute Gasteiger partial charge is 0.372 e. The average molecular weight is 250 g/mol. The average Bonchev–Trinajstić information content (AvgIpc) is 2.79.